The van der Waals surface area contributed by atoms with Crippen molar-refractivity contribution in [2.45, 2.75) is 19.4 Å². The molecule has 2 rings (SSSR count). The molecule has 0 atom stereocenters. The van der Waals surface area contributed by atoms with Crippen molar-refractivity contribution in [3.8, 4) is 0 Å². The highest BCUT2D eigenvalue weighted by atomic mass is 32.1. The van der Waals surface area contributed by atoms with Gasteiger partial charge in [0.15, 0.2) is 0 Å². The van der Waals surface area contributed by atoms with E-state index in [2.05, 4.69) is 11.4 Å². The summed E-state index contributed by atoms with van der Waals surface area (Å²) in [6, 6.07) is 12.0. The highest BCUT2D eigenvalue weighted by molar-refractivity contribution is 7.09. The summed E-state index contributed by atoms with van der Waals surface area (Å²) in [7, 11) is 1.86. The minimum Gasteiger partial charge on any atom is -0.345 e. The molecular formula is C16H20N2OS. The number of rotatable bonds is 6. The van der Waals surface area contributed by atoms with Gasteiger partial charge in [0.05, 0.1) is 6.42 Å². The van der Waals surface area contributed by atoms with E-state index in [-0.39, 0.29) is 5.91 Å². The second-order valence-electron chi connectivity index (χ2n) is 4.79. The minimum atomic E-state index is 0.141. The van der Waals surface area contributed by atoms with Crippen molar-refractivity contribution in [3.05, 3.63) is 57.8 Å². The van der Waals surface area contributed by atoms with E-state index in [4.69, 9.17) is 5.73 Å². The van der Waals surface area contributed by atoms with Gasteiger partial charge in [-0.1, -0.05) is 30.3 Å². The van der Waals surface area contributed by atoms with Crippen LogP contribution in [-0.4, -0.2) is 24.4 Å². The molecule has 0 saturated carbocycles. The van der Waals surface area contributed by atoms with Crippen molar-refractivity contribution in [1.82, 2.24) is 4.90 Å². The van der Waals surface area contributed by atoms with Gasteiger partial charge in [-0.3, -0.25) is 4.79 Å². The van der Waals surface area contributed by atoms with Crippen LogP contribution in [-0.2, 0) is 24.2 Å². The zero-order valence-electron chi connectivity index (χ0n) is 11.7. The molecule has 0 radical (unpaired) electrons. The third kappa shape index (κ3) is 3.92. The number of benzene rings is 1. The number of thiophene rings is 1. The number of likely N-dealkylation sites (N-methyl/N-ethyl adjacent to an activating group) is 1. The average Bonchev–Trinajstić information content (AvgIpc) is 2.98. The summed E-state index contributed by atoms with van der Waals surface area (Å²) >= 11 is 1.73. The van der Waals surface area contributed by atoms with E-state index in [0.717, 1.165) is 24.1 Å². The molecule has 2 aromatic rings. The first-order valence-electron chi connectivity index (χ1n) is 6.74. The predicted molar refractivity (Wildman–Crippen MR) is 83.7 cm³/mol. The molecule has 4 heteroatoms. The highest BCUT2D eigenvalue weighted by Crippen LogP contribution is 2.12. The first-order chi connectivity index (χ1) is 9.70. The van der Waals surface area contributed by atoms with Gasteiger partial charge < -0.3 is 10.6 Å². The van der Waals surface area contributed by atoms with Crippen molar-refractivity contribution in [1.29, 1.82) is 0 Å². The second kappa shape index (κ2) is 7.22. The van der Waals surface area contributed by atoms with Gasteiger partial charge >= 0.3 is 0 Å². The van der Waals surface area contributed by atoms with E-state index in [1.54, 1.807) is 16.2 Å². The molecule has 0 bridgehead atoms. The third-order valence-corrected chi connectivity index (χ3v) is 4.32. The Bertz CT molecular complexity index is 551. The topological polar surface area (TPSA) is 46.3 Å². The fraction of sp³-hybridized carbons (Fsp3) is 0.312. The first kappa shape index (κ1) is 14.8. The van der Waals surface area contributed by atoms with Gasteiger partial charge in [0.1, 0.15) is 0 Å². The lowest BCUT2D eigenvalue weighted by atomic mass is 10.0. The smallest absolute Gasteiger partial charge is 0.226 e. The Morgan fingerprint density at radius 3 is 2.60 bits per heavy atom. The van der Waals surface area contributed by atoms with Crippen molar-refractivity contribution in [2.24, 2.45) is 5.73 Å². The van der Waals surface area contributed by atoms with Crippen molar-refractivity contribution in [3.63, 3.8) is 0 Å². The second-order valence-corrected chi connectivity index (χ2v) is 5.83. The molecule has 106 valence electrons. The van der Waals surface area contributed by atoms with Crippen LogP contribution < -0.4 is 5.73 Å². The van der Waals surface area contributed by atoms with E-state index in [1.165, 1.54) is 4.88 Å². The minimum absolute atomic E-state index is 0.141. The Labute approximate surface area is 124 Å². The van der Waals surface area contributed by atoms with Gasteiger partial charge in [-0.25, -0.2) is 0 Å². The van der Waals surface area contributed by atoms with Crippen LogP contribution in [0.4, 0.5) is 0 Å². The number of nitrogens with zero attached hydrogens (tertiary/aromatic N) is 1. The lowest BCUT2D eigenvalue weighted by Crippen LogP contribution is -2.30. The SMILES string of the molecule is CN(CCc1cccs1)C(=O)Cc1ccccc1CN. The number of hydrogen-bond acceptors (Lipinski definition) is 3. The Morgan fingerprint density at radius 2 is 1.95 bits per heavy atom. The number of nitrogens with two attached hydrogens (primary N) is 1. The average molecular weight is 288 g/mol. The zero-order chi connectivity index (χ0) is 14.4. The lowest BCUT2D eigenvalue weighted by Gasteiger charge is -2.17. The van der Waals surface area contributed by atoms with E-state index in [0.29, 0.717) is 13.0 Å². The van der Waals surface area contributed by atoms with E-state index < -0.39 is 0 Å². The van der Waals surface area contributed by atoms with Crippen LogP contribution in [0, 0.1) is 0 Å². The van der Waals surface area contributed by atoms with Crippen molar-refractivity contribution < 1.29 is 4.79 Å². The van der Waals surface area contributed by atoms with Crippen LogP contribution in [0.25, 0.3) is 0 Å². The summed E-state index contributed by atoms with van der Waals surface area (Å²) in [6.45, 7) is 1.23. The number of carbonyl (C=O) groups is 1. The van der Waals surface area contributed by atoms with E-state index >= 15 is 0 Å². The number of amides is 1. The van der Waals surface area contributed by atoms with Crippen LogP contribution in [0.3, 0.4) is 0 Å². The summed E-state index contributed by atoms with van der Waals surface area (Å²) in [5.74, 6) is 0.141. The molecule has 1 amide bonds. The Balaban J connectivity index is 1.90. The molecule has 20 heavy (non-hydrogen) atoms. The summed E-state index contributed by atoms with van der Waals surface area (Å²) in [4.78, 5) is 15.3. The van der Waals surface area contributed by atoms with E-state index in [9.17, 15) is 4.79 Å². The molecular weight excluding hydrogens is 268 g/mol. The largest absolute Gasteiger partial charge is 0.345 e. The van der Waals surface area contributed by atoms with Gasteiger partial charge in [0, 0.05) is 25.0 Å². The van der Waals surface area contributed by atoms with Crippen molar-refractivity contribution >= 4 is 17.2 Å². The zero-order valence-corrected chi connectivity index (χ0v) is 12.5. The quantitative estimate of drug-likeness (QED) is 0.887. The monoisotopic (exact) mass is 288 g/mol. The normalized spacial score (nSPS) is 10.5. The van der Waals surface area contributed by atoms with Crippen LogP contribution in [0.15, 0.2) is 41.8 Å². The molecule has 0 aliphatic rings. The molecule has 3 nitrogen and oxygen atoms in total. The molecule has 0 fully saturated rings. The molecule has 0 aliphatic heterocycles. The fourth-order valence-electron chi connectivity index (χ4n) is 2.08. The van der Waals surface area contributed by atoms with Crippen LogP contribution in [0.5, 0.6) is 0 Å². The lowest BCUT2D eigenvalue weighted by molar-refractivity contribution is -0.129. The number of hydrogen-bond donors (Lipinski definition) is 1. The van der Waals surface area contributed by atoms with Gasteiger partial charge in [-0.2, -0.15) is 0 Å². The molecule has 2 N–H and O–H groups in total. The molecule has 1 aromatic heterocycles. The van der Waals surface area contributed by atoms with E-state index in [1.807, 2.05) is 37.4 Å². The molecule has 1 heterocycles. The Kier molecular flexibility index (Phi) is 5.32. The number of carbonyl (C=O) groups excluding carboxylic acids is 1. The van der Waals surface area contributed by atoms with Gasteiger partial charge in [0.25, 0.3) is 0 Å². The summed E-state index contributed by atoms with van der Waals surface area (Å²) in [5, 5.41) is 2.06. The third-order valence-electron chi connectivity index (χ3n) is 3.38. The fourth-order valence-corrected chi connectivity index (χ4v) is 2.78. The van der Waals surface area contributed by atoms with Gasteiger partial charge in [-0.15, -0.1) is 11.3 Å². The van der Waals surface area contributed by atoms with Crippen LogP contribution in [0.1, 0.15) is 16.0 Å². The maximum Gasteiger partial charge on any atom is 0.226 e. The summed E-state index contributed by atoms with van der Waals surface area (Å²) < 4.78 is 0. The Morgan fingerprint density at radius 1 is 1.20 bits per heavy atom. The summed E-state index contributed by atoms with van der Waals surface area (Å²) in [6.07, 6.45) is 1.34. The molecule has 0 unspecified atom stereocenters. The molecule has 0 spiro atoms. The predicted octanol–water partition coefficient (Wildman–Crippen LogP) is 2.45. The molecule has 1 aromatic carbocycles. The highest BCUT2D eigenvalue weighted by Gasteiger charge is 2.11. The first-order valence-corrected chi connectivity index (χ1v) is 7.62. The molecule has 0 aliphatic carbocycles. The van der Waals surface area contributed by atoms with Crippen LogP contribution >= 0.6 is 11.3 Å². The maximum absolute atomic E-state index is 12.2. The molecule has 0 saturated heterocycles. The maximum atomic E-state index is 12.2. The van der Waals surface area contributed by atoms with Gasteiger partial charge in [-0.05, 0) is 29.0 Å². The Hall–Kier alpha value is -1.65. The van der Waals surface area contributed by atoms with Crippen molar-refractivity contribution in [2.75, 3.05) is 13.6 Å². The van der Waals surface area contributed by atoms with Gasteiger partial charge in [0.2, 0.25) is 5.91 Å². The van der Waals surface area contributed by atoms with Crippen LogP contribution in [0.2, 0.25) is 0 Å². The summed E-state index contributed by atoms with van der Waals surface area (Å²) in [5.41, 5.74) is 7.78. The standard InChI is InChI=1S/C16H20N2OS/c1-18(9-8-15-7-4-10-20-15)16(19)11-13-5-2-3-6-14(13)12-17/h2-7,10H,8-9,11-12,17H2,1H3.